The lowest BCUT2D eigenvalue weighted by molar-refractivity contribution is -0.130. The molecular formula is C19H21BrN2O3. The molecule has 1 aliphatic heterocycles. The zero-order chi connectivity index (χ0) is 17.6. The molecule has 1 saturated heterocycles. The molecule has 0 aliphatic carbocycles. The summed E-state index contributed by atoms with van der Waals surface area (Å²) in [5.41, 5.74) is 0. The maximum atomic E-state index is 11.9. The number of nitrogens with one attached hydrogen (secondary N) is 1. The highest BCUT2D eigenvalue weighted by atomic mass is 79.9. The number of nitrogens with zero attached hydrogens (tertiary/aromatic N) is 1. The van der Waals surface area contributed by atoms with Crippen LogP contribution in [0.25, 0.3) is 10.8 Å². The van der Waals surface area contributed by atoms with Crippen molar-refractivity contribution in [1.29, 1.82) is 0 Å². The highest BCUT2D eigenvalue weighted by molar-refractivity contribution is 9.10. The lowest BCUT2D eigenvalue weighted by Crippen LogP contribution is -2.34. The third-order valence-electron chi connectivity index (χ3n) is 4.26. The minimum absolute atomic E-state index is 0.0556. The van der Waals surface area contributed by atoms with Gasteiger partial charge in [-0.2, -0.15) is 0 Å². The molecule has 2 amide bonds. The molecule has 0 radical (unpaired) electrons. The summed E-state index contributed by atoms with van der Waals surface area (Å²) in [6.45, 7) is 1.98. The van der Waals surface area contributed by atoms with Gasteiger partial charge in [0.25, 0.3) is 5.91 Å². The highest BCUT2D eigenvalue weighted by Gasteiger charge is 2.17. The van der Waals surface area contributed by atoms with E-state index in [1.807, 2.05) is 41.3 Å². The van der Waals surface area contributed by atoms with Gasteiger partial charge in [-0.25, -0.2) is 0 Å². The number of fused-ring (bicyclic) bond motifs is 1. The maximum Gasteiger partial charge on any atom is 0.257 e. The Morgan fingerprint density at radius 1 is 1.08 bits per heavy atom. The number of rotatable bonds is 6. The number of hydrogen-bond donors (Lipinski definition) is 1. The third-order valence-corrected chi connectivity index (χ3v) is 4.76. The molecular weight excluding hydrogens is 384 g/mol. The predicted octanol–water partition coefficient (Wildman–Crippen LogP) is 3.11. The molecule has 5 nitrogen and oxygen atoms in total. The van der Waals surface area contributed by atoms with Crippen LogP contribution in [0, 0.1) is 0 Å². The van der Waals surface area contributed by atoms with Gasteiger partial charge in [-0.05, 0) is 47.9 Å². The number of carbonyl (C=O) groups excluding carboxylic acids is 2. The molecule has 3 rings (SSSR count). The van der Waals surface area contributed by atoms with Gasteiger partial charge >= 0.3 is 0 Å². The van der Waals surface area contributed by atoms with Gasteiger partial charge in [0, 0.05) is 30.5 Å². The zero-order valence-corrected chi connectivity index (χ0v) is 15.5. The molecule has 25 heavy (non-hydrogen) atoms. The molecule has 6 heteroatoms. The maximum absolute atomic E-state index is 11.9. The number of halogens is 1. The Labute approximate surface area is 155 Å². The Bertz CT molecular complexity index is 772. The van der Waals surface area contributed by atoms with Gasteiger partial charge in [0.1, 0.15) is 5.75 Å². The van der Waals surface area contributed by atoms with Crippen LogP contribution in [0.15, 0.2) is 40.9 Å². The molecule has 132 valence electrons. The van der Waals surface area contributed by atoms with E-state index < -0.39 is 0 Å². The molecule has 1 aliphatic rings. The van der Waals surface area contributed by atoms with Crippen molar-refractivity contribution in [3.8, 4) is 5.75 Å². The van der Waals surface area contributed by atoms with Crippen LogP contribution in [0.3, 0.4) is 0 Å². The van der Waals surface area contributed by atoms with E-state index in [9.17, 15) is 9.59 Å². The van der Waals surface area contributed by atoms with Gasteiger partial charge in [0.2, 0.25) is 5.91 Å². The SMILES string of the molecule is O=C(COc1ccc2cc(Br)ccc2c1)NCCC(=O)N1CCCC1. The molecule has 2 aromatic carbocycles. The van der Waals surface area contributed by atoms with Gasteiger partial charge in [0.15, 0.2) is 6.61 Å². The number of carbonyl (C=O) groups is 2. The van der Waals surface area contributed by atoms with Gasteiger partial charge in [0.05, 0.1) is 0 Å². The van der Waals surface area contributed by atoms with Gasteiger partial charge in [-0.15, -0.1) is 0 Å². The van der Waals surface area contributed by atoms with Crippen molar-refractivity contribution in [2.75, 3.05) is 26.2 Å². The fraction of sp³-hybridized carbons (Fsp3) is 0.368. The fourth-order valence-corrected chi connectivity index (χ4v) is 3.30. The summed E-state index contributed by atoms with van der Waals surface area (Å²) >= 11 is 3.45. The molecule has 0 spiro atoms. The molecule has 0 unspecified atom stereocenters. The van der Waals surface area contributed by atoms with E-state index in [0.29, 0.717) is 18.7 Å². The number of hydrogen-bond acceptors (Lipinski definition) is 3. The number of ether oxygens (including phenoxy) is 1. The van der Waals surface area contributed by atoms with Crippen LogP contribution >= 0.6 is 15.9 Å². The van der Waals surface area contributed by atoms with E-state index >= 15 is 0 Å². The van der Waals surface area contributed by atoms with Crippen molar-refractivity contribution in [3.63, 3.8) is 0 Å². The topological polar surface area (TPSA) is 58.6 Å². The fourth-order valence-electron chi connectivity index (χ4n) is 2.92. The van der Waals surface area contributed by atoms with Gasteiger partial charge in [-0.3, -0.25) is 9.59 Å². The van der Waals surface area contributed by atoms with Crippen LogP contribution in [0.1, 0.15) is 19.3 Å². The summed E-state index contributed by atoms with van der Waals surface area (Å²) in [6.07, 6.45) is 2.50. The minimum atomic E-state index is -0.217. The lowest BCUT2D eigenvalue weighted by atomic mass is 10.1. The number of likely N-dealkylation sites (tertiary alicyclic amines) is 1. The summed E-state index contributed by atoms with van der Waals surface area (Å²) in [5, 5.41) is 4.89. The summed E-state index contributed by atoms with van der Waals surface area (Å²) < 4.78 is 6.57. The molecule has 0 saturated carbocycles. The second-order valence-corrected chi connectivity index (χ2v) is 7.05. The molecule has 0 aromatic heterocycles. The molecule has 1 fully saturated rings. The van der Waals surface area contributed by atoms with E-state index in [0.717, 1.165) is 41.2 Å². The van der Waals surface area contributed by atoms with Crippen LogP contribution in [-0.2, 0) is 9.59 Å². The summed E-state index contributed by atoms with van der Waals surface area (Å²) in [5.74, 6) is 0.544. The largest absolute Gasteiger partial charge is 0.484 e. The Morgan fingerprint density at radius 2 is 1.80 bits per heavy atom. The van der Waals surface area contributed by atoms with E-state index in [-0.39, 0.29) is 18.4 Å². The van der Waals surface area contributed by atoms with Crippen molar-refractivity contribution in [2.45, 2.75) is 19.3 Å². The highest BCUT2D eigenvalue weighted by Crippen LogP contribution is 2.24. The molecule has 2 aromatic rings. The summed E-state index contributed by atoms with van der Waals surface area (Å²) in [4.78, 5) is 25.6. The standard InChI is InChI=1S/C19H21BrN2O3/c20-16-5-3-15-12-17(6-4-14(15)11-16)25-13-18(23)21-8-7-19(24)22-9-1-2-10-22/h3-6,11-12H,1-2,7-10,13H2,(H,21,23). The van der Waals surface area contributed by atoms with Crippen molar-refractivity contribution >= 4 is 38.5 Å². The average Bonchev–Trinajstić information content (AvgIpc) is 3.14. The Balaban J connectivity index is 1.42. The molecule has 0 bridgehead atoms. The molecule has 0 atom stereocenters. The van der Waals surface area contributed by atoms with E-state index in [4.69, 9.17) is 4.74 Å². The van der Waals surface area contributed by atoms with Crippen LogP contribution in [0.4, 0.5) is 0 Å². The van der Waals surface area contributed by atoms with Gasteiger partial charge in [-0.1, -0.05) is 28.1 Å². The third kappa shape index (κ3) is 4.95. The first-order valence-electron chi connectivity index (χ1n) is 8.48. The first-order valence-corrected chi connectivity index (χ1v) is 9.28. The number of amides is 2. The van der Waals surface area contributed by atoms with Gasteiger partial charge < -0.3 is 15.0 Å². The number of benzene rings is 2. The molecule has 1 N–H and O–H groups in total. The van der Waals surface area contributed by atoms with Crippen molar-refractivity contribution < 1.29 is 14.3 Å². The van der Waals surface area contributed by atoms with E-state index in [1.54, 1.807) is 0 Å². The normalized spacial score (nSPS) is 13.9. The minimum Gasteiger partial charge on any atom is -0.484 e. The zero-order valence-electron chi connectivity index (χ0n) is 14.0. The lowest BCUT2D eigenvalue weighted by Gasteiger charge is -2.15. The van der Waals surface area contributed by atoms with Crippen LogP contribution in [0.2, 0.25) is 0 Å². The summed E-state index contributed by atoms with van der Waals surface area (Å²) in [6, 6.07) is 11.7. The quantitative estimate of drug-likeness (QED) is 0.804. The van der Waals surface area contributed by atoms with Crippen molar-refractivity contribution in [1.82, 2.24) is 10.2 Å². The summed E-state index contributed by atoms with van der Waals surface area (Å²) in [7, 11) is 0. The van der Waals surface area contributed by atoms with Crippen molar-refractivity contribution in [2.24, 2.45) is 0 Å². The average molecular weight is 405 g/mol. The monoisotopic (exact) mass is 404 g/mol. The van der Waals surface area contributed by atoms with E-state index in [1.165, 1.54) is 0 Å². The first-order chi connectivity index (χ1) is 12.1. The predicted molar refractivity (Wildman–Crippen MR) is 101 cm³/mol. The van der Waals surface area contributed by atoms with E-state index in [2.05, 4.69) is 21.2 Å². The second-order valence-electron chi connectivity index (χ2n) is 6.13. The van der Waals surface area contributed by atoms with Crippen LogP contribution in [-0.4, -0.2) is 43.0 Å². The first kappa shape index (κ1) is 17.7. The van der Waals surface area contributed by atoms with Crippen molar-refractivity contribution in [3.05, 3.63) is 40.9 Å². The Morgan fingerprint density at radius 3 is 2.60 bits per heavy atom. The smallest absolute Gasteiger partial charge is 0.257 e. The Kier molecular flexibility index (Phi) is 5.91. The Hall–Kier alpha value is -2.08. The second kappa shape index (κ2) is 8.34. The molecule has 1 heterocycles. The van der Waals surface area contributed by atoms with Crippen LogP contribution in [0.5, 0.6) is 5.75 Å². The van der Waals surface area contributed by atoms with Crippen LogP contribution < -0.4 is 10.1 Å².